The second kappa shape index (κ2) is 8.32. The third-order valence-corrected chi connectivity index (χ3v) is 12.5. The number of aliphatic hydroxyl groups excluding tert-OH is 1. The van der Waals surface area contributed by atoms with Gasteiger partial charge in [-0.1, -0.05) is 40.5 Å². The minimum absolute atomic E-state index is 0.00502. The van der Waals surface area contributed by atoms with Crippen LogP contribution in [0.3, 0.4) is 0 Å². The SMILES string of the molecule is CC1(C)CCC(CCCC2CCC3C4CCC5CC(O)CCC5(C)C4CCC23C)CC1. The Morgan fingerprint density at radius 1 is 0.677 bits per heavy atom. The first kappa shape index (κ1) is 22.7. The molecule has 178 valence electrons. The zero-order chi connectivity index (χ0) is 21.9. The first-order valence-electron chi connectivity index (χ1n) is 14.4. The fourth-order valence-corrected chi connectivity index (χ4v) is 10.2. The molecule has 8 unspecified atom stereocenters. The standard InChI is InChI=1S/C30H52O/c1-28(2)16-12-21(13-17-28)6-5-7-22-9-11-26-25-10-8-23-20-24(31)14-18-30(23,4)27(25)15-19-29(22,26)3/h21-27,31H,5-20H2,1-4H3. The summed E-state index contributed by atoms with van der Waals surface area (Å²) >= 11 is 0. The minimum Gasteiger partial charge on any atom is -0.393 e. The van der Waals surface area contributed by atoms with Crippen LogP contribution in [-0.2, 0) is 0 Å². The van der Waals surface area contributed by atoms with Crippen molar-refractivity contribution >= 4 is 0 Å². The molecule has 0 heterocycles. The normalized spacial score (nSPS) is 49.8. The van der Waals surface area contributed by atoms with Gasteiger partial charge < -0.3 is 5.11 Å². The molecule has 1 nitrogen and oxygen atoms in total. The number of rotatable bonds is 4. The van der Waals surface area contributed by atoms with Gasteiger partial charge in [0.05, 0.1) is 6.10 Å². The van der Waals surface area contributed by atoms with Crippen molar-refractivity contribution in [2.75, 3.05) is 0 Å². The molecule has 5 aliphatic carbocycles. The molecule has 0 amide bonds. The van der Waals surface area contributed by atoms with E-state index in [4.69, 9.17) is 0 Å². The second-order valence-corrected chi connectivity index (χ2v) is 14.4. The number of hydrogen-bond donors (Lipinski definition) is 1. The number of hydrogen-bond acceptors (Lipinski definition) is 1. The molecule has 0 bridgehead atoms. The molecule has 1 heteroatoms. The Hall–Kier alpha value is -0.0400. The average Bonchev–Trinajstić information content (AvgIpc) is 3.06. The summed E-state index contributed by atoms with van der Waals surface area (Å²) in [6.07, 6.45) is 22.9. The molecule has 8 atom stereocenters. The Morgan fingerprint density at radius 2 is 1.39 bits per heavy atom. The van der Waals surface area contributed by atoms with Crippen LogP contribution in [-0.4, -0.2) is 11.2 Å². The lowest BCUT2D eigenvalue weighted by atomic mass is 9.44. The maximum absolute atomic E-state index is 10.3. The van der Waals surface area contributed by atoms with Crippen LogP contribution in [0, 0.1) is 51.8 Å². The molecule has 0 aromatic carbocycles. The maximum atomic E-state index is 10.3. The van der Waals surface area contributed by atoms with Crippen LogP contribution in [0.5, 0.6) is 0 Å². The van der Waals surface area contributed by atoms with Crippen LogP contribution in [0.2, 0.25) is 0 Å². The minimum atomic E-state index is -0.00502. The monoisotopic (exact) mass is 428 g/mol. The van der Waals surface area contributed by atoms with Crippen LogP contribution in [0.25, 0.3) is 0 Å². The fraction of sp³-hybridized carbons (Fsp3) is 1.00. The Morgan fingerprint density at radius 3 is 2.16 bits per heavy atom. The fourth-order valence-electron chi connectivity index (χ4n) is 10.2. The van der Waals surface area contributed by atoms with E-state index in [9.17, 15) is 5.11 Å². The second-order valence-electron chi connectivity index (χ2n) is 14.4. The molecular formula is C30H52O. The molecule has 0 spiro atoms. The van der Waals surface area contributed by atoms with Gasteiger partial charge in [-0.25, -0.2) is 0 Å². The molecule has 0 aromatic heterocycles. The summed E-state index contributed by atoms with van der Waals surface area (Å²) in [6, 6.07) is 0. The lowest BCUT2D eigenvalue weighted by molar-refractivity contribution is -0.127. The topological polar surface area (TPSA) is 20.2 Å². The molecule has 0 saturated heterocycles. The molecular weight excluding hydrogens is 376 g/mol. The largest absolute Gasteiger partial charge is 0.393 e. The molecule has 0 radical (unpaired) electrons. The predicted octanol–water partition coefficient (Wildman–Crippen LogP) is 8.39. The van der Waals surface area contributed by atoms with Gasteiger partial charge >= 0.3 is 0 Å². The summed E-state index contributed by atoms with van der Waals surface area (Å²) in [5.74, 6) is 5.82. The van der Waals surface area contributed by atoms with Gasteiger partial charge in [-0.15, -0.1) is 0 Å². The molecule has 5 rings (SSSR count). The van der Waals surface area contributed by atoms with E-state index >= 15 is 0 Å². The highest BCUT2D eigenvalue weighted by Gasteiger charge is 2.59. The Kier molecular flexibility index (Phi) is 6.10. The third-order valence-electron chi connectivity index (χ3n) is 12.5. The van der Waals surface area contributed by atoms with Crippen LogP contribution in [0.15, 0.2) is 0 Å². The highest BCUT2D eigenvalue weighted by atomic mass is 16.3. The van der Waals surface area contributed by atoms with Gasteiger partial charge in [0, 0.05) is 0 Å². The van der Waals surface area contributed by atoms with E-state index in [-0.39, 0.29) is 6.10 Å². The smallest absolute Gasteiger partial charge is 0.0543 e. The van der Waals surface area contributed by atoms with Gasteiger partial charge in [0.25, 0.3) is 0 Å². The average molecular weight is 429 g/mol. The summed E-state index contributed by atoms with van der Waals surface area (Å²) in [6.45, 7) is 10.3. The van der Waals surface area contributed by atoms with E-state index < -0.39 is 0 Å². The highest BCUT2D eigenvalue weighted by Crippen LogP contribution is 2.68. The Balaban J connectivity index is 1.18. The molecule has 5 aliphatic rings. The molecule has 5 saturated carbocycles. The van der Waals surface area contributed by atoms with Gasteiger partial charge in [0.1, 0.15) is 0 Å². The lowest BCUT2D eigenvalue weighted by Crippen LogP contribution is -2.53. The van der Waals surface area contributed by atoms with E-state index in [1.54, 1.807) is 0 Å². The summed E-state index contributed by atoms with van der Waals surface area (Å²) in [4.78, 5) is 0. The zero-order valence-electron chi connectivity index (χ0n) is 21.3. The van der Waals surface area contributed by atoms with Crippen molar-refractivity contribution in [1.82, 2.24) is 0 Å². The van der Waals surface area contributed by atoms with Crippen LogP contribution < -0.4 is 0 Å². The zero-order valence-corrected chi connectivity index (χ0v) is 21.3. The van der Waals surface area contributed by atoms with Crippen LogP contribution in [0.4, 0.5) is 0 Å². The first-order chi connectivity index (χ1) is 14.7. The predicted molar refractivity (Wildman–Crippen MR) is 131 cm³/mol. The van der Waals surface area contributed by atoms with Crippen molar-refractivity contribution in [3.05, 3.63) is 0 Å². The molecule has 1 N–H and O–H groups in total. The third kappa shape index (κ3) is 4.06. The number of fused-ring (bicyclic) bond motifs is 5. The van der Waals surface area contributed by atoms with Crippen LogP contribution in [0.1, 0.15) is 130 Å². The van der Waals surface area contributed by atoms with Crippen molar-refractivity contribution < 1.29 is 5.11 Å². The van der Waals surface area contributed by atoms with Crippen molar-refractivity contribution in [2.24, 2.45) is 51.8 Å². The molecule has 0 aliphatic heterocycles. The summed E-state index contributed by atoms with van der Waals surface area (Å²) in [5, 5.41) is 10.3. The summed E-state index contributed by atoms with van der Waals surface area (Å²) in [7, 11) is 0. The number of aliphatic hydroxyl groups is 1. The van der Waals surface area contributed by atoms with Crippen molar-refractivity contribution in [2.45, 2.75) is 137 Å². The Labute approximate surface area is 193 Å². The van der Waals surface area contributed by atoms with Crippen LogP contribution >= 0.6 is 0 Å². The van der Waals surface area contributed by atoms with Gasteiger partial charge in [-0.05, 0) is 142 Å². The van der Waals surface area contributed by atoms with E-state index in [0.717, 1.165) is 48.3 Å². The Bertz CT molecular complexity index is 628. The van der Waals surface area contributed by atoms with Gasteiger partial charge in [0.2, 0.25) is 0 Å². The van der Waals surface area contributed by atoms with Crippen molar-refractivity contribution in [3.8, 4) is 0 Å². The van der Waals surface area contributed by atoms with E-state index in [1.807, 2.05) is 0 Å². The molecule has 5 fully saturated rings. The lowest BCUT2D eigenvalue weighted by Gasteiger charge is -2.61. The summed E-state index contributed by atoms with van der Waals surface area (Å²) < 4.78 is 0. The van der Waals surface area contributed by atoms with Gasteiger partial charge in [-0.3, -0.25) is 0 Å². The van der Waals surface area contributed by atoms with Gasteiger partial charge in [0.15, 0.2) is 0 Å². The molecule has 0 aromatic rings. The first-order valence-corrected chi connectivity index (χ1v) is 14.4. The quantitative estimate of drug-likeness (QED) is 0.476. The van der Waals surface area contributed by atoms with E-state index in [2.05, 4.69) is 27.7 Å². The van der Waals surface area contributed by atoms with E-state index in [1.165, 1.54) is 89.9 Å². The maximum Gasteiger partial charge on any atom is 0.0543 e. The highest BCUT2D eigenvalue weighted by molar-refractivity contribution is 5.09. The van der Waals surface area contributed by atoms with Gasteiger partial charge in [-0.2, -0.15) is 0 Å². The van der Waals surface area contributed by atoms with Crippen molar-refractivity contribution in [3.63, 3.8) is 0 Å². The summed E-state index contributed by atoms with van der Waals surface area (Å²) in [5.41, 5.74) is 1.80. The van der Waals surface area contributed by atoms with Crippen molar-refractivity contribution in [1.29, 1.82) is 0 Å². The molecule has 31 heavy (non-hydrogen) atoms. The van der Waals surface area contributed by atoms with E-state index in [0.29, 0.717) is 16.2 Å².